The van der Waals surface area contributed by atoms with Crippen molar-refractivity contribution in [2.45, 2.75) is 6.42 Å². The van der Waals surface area contributed by atoms with Gasteiger partial charge < -0.3 is 15.5 Å². The van der Waals surface area contributed by atoms with E-state index in [1.807, 2.05) is 14.1 Å². The largest absolute Gasteiger partial charge is 0.325 e. The monoisotopic (exact) mass is 260 g/mol. The zero-order valence-electron chi connectivity index (χ0n) is 11.4. The van der Waals surface area contributed by atoms with Crippen LogP contribution in [0.5, 0.6) is 0 Å². The average Bonchev–Trinajstić information content (AvgIpc) is 2.43. The first kappa shape index (κ1) is 15.2. The first-order chi connectivity index (χ1) is 9.17. The standard InChI is InChI=1S/C14H20N4O/c1-16-8-10-18(2)9-7-14(19)17-13-6-4-3-5-12(13)11-15/h3-6,16H,7-10H2,1-2H3,(H,17,19). The number of para-hydroxylation sites is 1. The van der Waals surface area contributed by atoms with Crippen molar-refractivity contribution in [2.24, 2.45) is 0 Å². The lowest BCUT2D eigenvalue weighted by molar-refractivity contribution is -0.116. The fraction of sp³-hybridized carbons (Fsp3) is 0.429. The Labute approximate surface area is 114 Å². The molecule has 0 aliphatic rings. The van der Waals surface area contributed by atoms with Gasteiger partial charge in [0.2, 0.25) is 5.91 Å². The Hall–Kier alpha value is -1.90. The summed E-state index contributed by atoms with van der Waals surface area (Å²) in [6.07, 6.45) is 0.417. The predicted molar refractivity (Wildman–Crippen MR) is 75.8 cm³/mol. The lowest BCUT2D eigenvalue weighted by atomic mass is 10.2. The van der Waals surface area contributed by atoms with Gasteiger partial charge in [0, 0.05) is 26.1 Å². The molecule has 1 aromatic carbocycles. The van der Waals surface area contributed by atoms with Crippen molar-refractivity contribution >= 4 is 11.6 Å². The van der Waals surface area contributed by atoms with Crippen LogP contribution in [0.1, 0.15) is 12.0 Å². The Morgan fingerprint density at radius 1 is 1.37 bits per heavy atom. The maximum atomic E-state index is 11.8. The van der Waals surface area contributed by atoms with Crippen molar-refractivity contribution in [1.82, 2.24) is 10.2 Å². The Balaban J connectivity index is 2.41. The highest BCUT2D eigenvalue weighted by molar-refractivity contribution is 5.92. The van der Waals surface area contributed by atoms with E-state index in [9.17, 15) is 4.79 Å². The number of hydrogen-bond acceptors (Lipinski definition) is 4. The van der Waals surface area contributed by atoms with E-state index >= 15 is 0 Å². The molecule has 0 radical (unpaired) electrons. The van der Waals surface area contributed by atoms with Crippen molar-refractivity contribution in [3.8, 4) is 6.07 Å². The first-order valence-electron chi connectivity index (χ1n) is 6.29. The highest BCUT2D eigenvalue weighted by Crippen LogP contribution is 2.13. The summed E-state index contributed by atoms with van der Waals surface area (Å²) < 4.78 is 0. The minimum Gasteiger partial charge on any atom is -0.325 e. The molecule has 19 heavy (non-hydrogen) atoms. The van der Waals surface area contributed by atoms with E-state index in [1.165, 1.54) is 0 Å². The number of nitrogens with zero attached hydrogens (tertiary/aromatic N) is 2. The van der Waals surface area contributed by atoms with Crippen molar-refractivity contribution < 1.29 is 4.79 Å². The van der Waals surface area contributed by atoms with Crippen LogP contribution in [0.3, 0.4) is 0 Å². The van der Waals surface area contributed by atoms with Crippen molar-refractivity contribution in [3.05, 3.63) is 29.8 Å². The molecule has 102 valence electrons. The second-order valence-corrected chi connectivity index (χ2v) is 4.36. The molecule has 5 nitrogen and oxygen atoms in total. The Kier molecular flexibility index (Phi) is 6.58. The number of likely N-dealkylation sites (N-methyl/N-ethyl adjacent to an activating group) is 2. The number of nitrogens with one attached hydrogen (secondary N) is 2. The summed E-state index contributed by atoms with van der Waals surface area (Å²) in [4.78, 5) is 13.9. The van der Waals surface area contributed by atoms with E-state index in [-0.39, 0.29) is 5.91 Å². The molecule has 0 heterocycles. The van der Waals surface area contributed by atoms with E-state index in [0.717, 1.165) is 13.1 Å². The molecule has 0 aliphatic carbocycles. The fourth-order valence-electron chi connectivity index (χ4n) is 1.61. The number of amides is 1. The van der Waals surface area contributed by atoms with E-state index in [4.69, 9.17) is 5.26 Å². The topological polar surface area (TPSA) is 68.2 Å². The molecule has 5 heteroatoms. The highest BCUT2D eigenvalue weighted by atomic mass is 16.1. The van der Waals surface area contributed by atoms with E-state index in [0.29, 0.717) is 24.2 Å². The number of anilines is 1. The second kappa shape index (κ2) is 8.25. The summed E-state index contributed by atoms with van der Waals surface area (Å²) in [5.41, 5.74) is 1.06. The van der Waals surface area contributed by atoms with Crippen LogP contribution in [0.25, 0.3) is 0 Å². The van der Waals surface area contributed by atoms with Gasteiger partial charge in [-0.05, 0) is 26.2 Å². The van der Waals surface area contributed by atoms with E-state index < -0.39 is 0 Å². The zero-order valence-corrected chi connectivity index (χ0v) is 11.4. The Bertz CT molecular complexity index is 453. The SMILES string of the molecule is CNCCN(C)CCC(=O)Nc1ccccc1C#N. The molecule has 0 bridgehead atoms. The third-order valence-electron chi connectivity index (χ3n) is 2.79. The van der Waals surface area contributed by atoms with Crippen LogP contribution in [0.2, 0.25) is 0 Å². The molecular weight excluding hydrogens is 240 g/mol. The number of rotatable bonds is 7. The molecule has 0 unspecified atom stereocenters. The van der Waals surface area contributed by atoms with Crippen molar-refractivity contribution in [1.29, 1.82) is 5.26 Å². The number of carbonyl (C=O) groups excluding carboxylic acids is 1. The van der Waals surface area contributed by atoms with Crippen LogP contribution in [0.4, 0.5) is 5.69 Å². The lowest BCUT2D eigenvalue weighted by Crippen LogP contribution is -2.30. The zero-order chi connectivity index (χ0) is 14.1. The first-order valence-corrected chi connectivity index (χ1v) is 6.29. The molecule has 0 aromatic heterocycles. The highest BCUT2D eigenvalue weighted by Gasteiger charge is 2.07. The maximum absolute atomic E-state index is 11.8. The van der Waals surface area contributed by atoms with Crippen LogP contribution < -0.4 is 10.6 Å². The van der Waals surface area contributed by atoms with Gasteiger partial charge in [-0.15, -0.1) is 0 Å². The predicted octanol–water partition coefficient (Wildman–Crippen LogP) is 1.04. The number of carbonyl (C=O) groups is 1. The molecule has 0 saturated heterocycles. The summed E-state index contributed by atoms with van der Waals surface area (Å²) in [5.74, 6) is -0.0704. The van der Waals surface area contributed by atoms with E-state index in [2.05, 4.69) is 21.6 Å². The molecule has 1 amide bonds. The van der Waals surface area contributed by atoms with Gasteiger partial charge in [-0.1, -0.05) is 12.1 Å². The Morgan fingerprint density at radius 2 is 2.11 bits per heavy atom. The van der Waals surface area contributed by atoms with Gasteiger partial charge in [0.25, 0.3) is 0 Å². The molecule has 1 rings (SSSR count). The smallest absolute Gasteiger partial charge is 0.225 e. The molecule has 0 spiro atoms. The maximum Gasteiger partial charge on any atom is 0.225 e. The molecular formula is C14H20N4O. The van der Waals surface area contributed by atoms with Crippen LogP contribution in [0, 0.1) is 11.3 Å². The lowest BCUT2D eigenvalue weighted by Gasteiger charge is -2.16. The molecule has 1 aromatic rings. The molecule has 0 fully saturated rings. The summed E-state index contributed by atoms with van der Waals surface area (Å²) in [6.45, 7) is 2.50. The normalized spacial score (nSPS) is 10.2. The van der Waals surface area contributed by atoms with Crippen LogP contribution >= 0.6 is 0 Å². The molecule has 0 atom stereocenters. The summed E-state index contributed by atoms with van der Waals surface area (Å²) in [6, 6.07) is 9.07. The quantitative estimate of drug-likeness (QED) is 0.768. The van der Waals surface area contributed by atoms with Gasteiger partial charge in [-0.25, -0.2) is 0 Å². The van der Waals surface area contributed by atoms with Crippen LogP contribution in [-0.4, -0.2) is 44.5 Å². The molecule has 0 aliphatic heterocycles. The number of benzene rings is 1. The van der Waals surface area contributed by atoms with Crippen molar-refractivity contribution in [2.75, 3.05) is 39.0 Å². The van der Waals surface area contributed by atoms with Gasteiger partial charge in [0.05, 0.1) is 11.3 Å². The van der Waals surface area contributed by atoms with E-state index in [1.54, 1.807) is 24.3 Å². The van der Waals surface area contributed by atoms with Crippen LogP contribution in [-0.2, 0) is 4.79 Å². The number of hydrogen-bond donors (Lipinski definition) is 2. The second-order valence-electron chi connectivity index (χ2n) is 4.36. The van der Waals surface area contributed by atoms with Gasteiger partial charge >= 0.3 is 0 Å². The third kappa shape index (κ3) is 5.51. The third-order valence-corrected chi connectivity index (χ3v) is 2.79. The average molecular weight is 260 g/mol. The minimum atomic E-state index is -0.0704. The van der Waals surface area contributed by atoms with Gasteiger partial charge in [0.15, 0.2) is 0 Å². The Morgan fingerprint density at radius 3 is 2.79 bits per heavy atom. The minimum absolute atomic E-state index is 0.0704. The van der Waals surface area contributed by atoms with Gasteiger partial charge in [-0.3, -0.25) is 4.79 Å². The number of nitriles is 1. The fourth-order valence-corrected chi connectivity index (χ4v) is 1.61. The summed E-state index contributed by atoms with van der Waals surface area (Å²) >= 11 is 0. The summed E-state index contributed by atoms with van der Waals surface area (Å²) in [5, 5.41) is 14.8. The molecule has 0 saturated carbocycles. The van der Waals surface area contributed by atoms with Gasteiger partial charge in [-0.2, -0.15) is 5.26 Å². The van der Waals surface area contributed by atoms with Crippen molar-refractivity contribution in [3.63, 3.8) is 0 Å². The van der Waals surface area contributed by atoms with Crippen LogP contribution in [0.15, 0.2) is 24.3 Å². The summed E-state index contributed by atoms with van der Waals surface area (Å²) in [7, 11) is 3.88. The molecule has 2 N–H and O–H groups in total. The van der Waals surface area contributed by atoms with Gasteiger partial charge in [0.1, 0.15) is 6.07 Å².